The summed E-state index contributed by atoms with van der Waals surface area (Å²) >= 11 is 0. The fourth-order valence-corrected chi connectivity index (χ4v) is 3.00. The van der Waals surface area contributed by atoms with Gasteiger partial charge in [0.15, 0.2) is 0 Å². The summed E-state index contributed by atoms with van der Waals surface area (Å²) in [5.41, 5.74) is 6.88. The minimum atomic E-state index is -3.71. The first-order chi connectivity index (χ1) is 8.40. The molecule has 0 spiro atoms. The third-order valence-corrected chi connectivity index (χ3v) is 3.97. The zero-order valence-electron chi connectivity index (χ0n) is 9.93. The number of nitrogens with zero attached hydrogens (tertiary/aromatic N) is 2. The molecule has 2 aromatic rings. The lowest BCUT2D eigenvalue weighted by molar-refractivity contribution is 0.600. The van der Waals surface area contributed by atoms with Gasteiger partial charge in [-0.2, -0.15) is 5.10 Å². The molecule has 0 fully saturated rings. The number of aromatic amines is 1. The number of nitrogen functional groups attached to an aromatic ring is 1. The number of nitrogens with one attached hydrogen (secondary N) is 2. The molecule has 0 unspecified atom stereocenters. The zero-order chi connectivity index (χ0) is 13.3. The van der Waals surface area contributed by atoms with E-state index in [9.17, 15) is 8.42 Å². The van der Waals surface area contributed by atoms with Crippen LogP contribution in [0.25, 0.3) is 0 Å². The first-order valence-electron chi connectivity index (χ1n) is 5.16. The van der Waals surface area contributed by atoms with Crippen LogP contribution >= 0.6 is 0 Å². The fraction of sp³-hybridized carbons (Fsp3) is 0.200. The maximum absolute atomic E-state index is 12.2. The van der Waals surface area contributed by atoms with Crippen LogP contribution in [0, 0.1) is 13.8 Å². The molecule has 0 aromatic carbocycles. The summed E-state index contributed by atoms with van der Waals surface area (Å²) in [5, 5.41) is 6.48. The van der Waals surface area contributed by atoms with Gasteiger partial charge in [-0.1, -0.05) is 0 Å². The highest BCUT2D eigenvalue weighted by atomic mass is 32.2. The average Bonchev–Trinajstić information content (AvgIpc) is 2.58. The molecule has 0 bridgehead atoms. The number of aromatic nitrogens is 3. The Labute approximate surface area is 104 Å². The maximum Gasteiger partial charge on any atom is 0.266 e. The Bertz CT molecular complexity index is 658. The lowest BCUT2D eigenvalue weighted by Gasteiger charge is -2.07. The molecule has 2 aromatic heterocycles. The van der Waals surface area contributed by atoms with E-state index >= 15 is 0 Å². The molecule has 0 amide bonds. The van der Waals surface area contributed by atoms with Crippen LogP contribution in [-0.2, 0) is 10.0 Å². The van der Waals surface area contributed by atoms with Crippen molar-refractivity contribution >= 4 is 21.5 Å². The minimum Gasteiger partial charge on any atom is -0.399 e. The zero-order valence-corrected chi connectivity index (χ0v) is 10.7. The van der Waals surface area contributed by atoms with Gasteiger partial charge < -0.3 is 5.73 Å². The summed E-state index contributed by atoms with van der Waals surface area (Å²) < 4.78 is 26.7. The van der Waals surface area contributed by atoms with Gasteiger partial charge in [-0.3, -0.25) is 9.82 Å². The SMILES string of the molecule is Cc1n[nH]c(C)c1S(=O)(=O)Nc1cc(N)ccn1. The highest BCUT2D eigenvalue weighted by molar-refractivity contribution is 7.92. The van der Waals surface area contributed by atoms with Gasteiger partial charge in [0.25, 0.3) is 10.0 Å². The average molecular weight is 267 g/mol. The molecular weight excluding hydrogens is 254 g/mol. The quantitative estimate of drug-likeness (QED) is 0.761. The molecule has 8 heteroatoms. The first-order valence-corrected chi connectivity index (χ1v) is 6.64. The van der Waals surface area contributed by atoms with Gasteiger partial charge in [0, 0.05) is 18.0 Å². The number of hydrogen-bond acceptors (Lipinski definition) is 5. The van der Waals surface area contributed by atoms with Crippen molar-refractivity contribution in [1.29, 1.82) is 0 Å². The molecular formula is C10H13N5O2S. The van der Waals surface area contributed by atoms with Crippen LogP contribution in [0.1, 0.15) is 11.4 Å². The van der Waals surface area contributed by atoms with Crippen LogP contribution in [-0.4, -0.2) is 23.6 Å². The van der Waals surface area contributed by atoms with Crippen LogP contribution < -0.4 is 10.5 Å². The second-order valence-electron chi connectivity index (χ2n) is 3.84. The molecule has 0 saturated heterocycles. The van der Waals surface area contributed by atoms with Crippen molar-refractivity contribution in [1.82, 2.24) is 15.2 Å². The van der Waals surface area contributed by atoms with Crippen LogP contribution in [0.15, 0.2) is 23.2 Å². The highest BCUT2D eigenvalue weighted by Crippen LogP contribution is 2.20. The van der Waals surface area contributed by atoms with Crippen molar-refractivity contribution in [3.8, 4) is 0 Å². The van der Waals surface area contributed by atoms with E-state index in [1.807, 2.05) is 0 Å². The van der Waals surface area contributed by atoms with E-state index in [-0.39, 0.29) is 10.7 Å². The molecule has 96 valence electrons. The van der Waals surface area contributed by atoms with Crippen molar-refractivity contribution in [2.75, 3.05) is 10.5 Å². The van der Waals surface area contributed by atoms with Crippen LogP contribution in [0.2, 0.25) is 0 Å². The number of aryl methyl sites for hydroxylation is 2. The number of nitrogens with two attached hydrogens (primary N) is 1. The number of anilines is 2. The number of pyridine rings is 1. The lowest BCUT2D eigenvalue weighted by atomic mass is 10.4. The first kappa shape index (κ1) is 12.4. The summed E-state index contributed by atoms with van der Waals surface area (Å²) in [6, 6.07) is 3.02. The van der Waals surface area contributed by atoms with E-state index in [0.29, 0.717) is 17.1 Å². The molecule has 2 heterocycles. The summed E-state index contributed by atoms with van der Waals surface area (Å²) in [4.78, 5) is 4.02. The van der Waals surface area contributed by atoms with Crippen molar-refractivity contribution in [3.63, 3.8) is 0 Å². The Hall–Kier alpha value is -2.09. The van der Waals surface area contributed by atoms with Crippen molar-refractivity contribution in [3.05, 3.63) is 29.7 Å². The fourth-order valence-electron chi connectivity index (χ4n) is 1.63. The van der Waals surface area contributed by atoms with Gasteiger partial charge in [-0.15, -0.1) is 0 Å². The molecule has 18 heavy (non-hydrogen) atoms. The molecule has 0 atom stereocenters. The summed E-state index contributed by atoms with van der Waals surface area (Å²) in [6.07, 6.45) is 1.43. The number of rotatable bonds is 3. The molecule has 0 aliphatic heterocycles. The van der Waals surface area contributed by atoms with Gasteiger partial charge in [0.1, 0.15) is 10.7 Å². The van der Waals surface area contributed by atoms with E-state index in [1.165, 1.54) is 12.3 Å². The summed E-state index contributed by atoms with van der Waals surface area (Å²) in [5.74, 6) is 0.176. The molecule has 4 N–H and O–H groups in total. The molecule has 0 saturated carbocycles. The molecule has 7 nitrogen and oxygen atoms in total. The molecule has 0 aliphatic rings. The summed E-state index contributed by atoms with van der Waals surface area (Å²) in [7, 11) is -3.71. The highest BCUT2D eigenvalue weighted by Gasteiger charge is 2.22. The Kier molecular flexibility index (Phi) is 2.95. The van der Waals surface area contributed by atoms with Gasteiger partial charge in [0.05, 0.1) is 11.4 Å². The van der Waals surface area contributed by atoms with Gasteiger partial charge in [-0.25, -0.2) is 13.4 Å². The number of H-pyrrole nitrogens is 1. The van der Waals surface area contributed by atoms with E-state index in [1.54, 1.807) is 19.9 Å². The number of hydrogen-bond donors (Lipinski definition) is 3. The topological polar surface area (TPSA) is 114 Å². The smallest absolute Gasteiger partial charge is 0.266 e. The normalized spacial score (nSPS) is 11.4. The largest absolute Gasteiger partial charge is 0.399 e. The van der Waals surface area contributed by atoms with Gasteiger partial charge in [0.2, 0.25) is 0 Å². The monoisotopic (exact) mass is 267 g/mol. The molecule has 0 radical (unpaired) electrons. The third-order valence-electron chi connectivity index (χ3n) is 2.35. The predicted molar refractivity (Wildman–Crippen MR) is 67.5 cm³/mol. The molecule has 0 aliphatic carbocycles. The summed E-state index contributed by atoms with van der Waals surface area (Å²) in [6.45, 7) is 3.26. The van der Waals surface area contributed by atoms with Gasteiger partial charge in [-0.05, 0) is 19.9 Å². The van der Waals surface area contributed by atoms with E-state index in [4.69, 9.17) is 5.73 Å². The van der Waals surface area contributed by atoms with Crippen molar-refractivity contribution in [2.24, 2.45) is 0 Å². The Balaban J connectivity index is 2.39. The van der Waals surface area contributed by atoms with Crippen LogP contribution in [0.4, 0.5) is 11.5 Å². The van der Waals surface area contributed by atoms with Crippen molar-refractivity contribution < 1.29 is 8.42 Å². The third kappa shape index (κ3) is 2.28. The van der Waals surface area contributed by atoms with E-state index in [2.05, 4.69) is 19.9 Å². The van der Waals surface area contributed by atoms with Crippen LogP contribution in [0.3, 0.4) is 0 Å². The second-order valence-corrected chi connectivity index (χ2v) is 5.46. The second kappa shape index (κ2) is 4.30. The Morgan fingerprint density at radius 1 is 1.39 bits per heavy atom. The van der Waals surface area contributed by atoms with Gasteiger partial charge >= 0.3 is 0 Å². The predicted octanol–water partition coefficient (Wildman–Crippen LogP) is 0.805. The Morgan fingerprint density at radius 3 is 2.67 bits per heavy atom. The lowest BCUT2D eigenvalue weighted by Crippen LogP contribution is -2.15. The maximum atomic E-state index is 12.2. The van der Waals surface area contributed by atoms with E-state index in [0.717, 1.165) is 0 Å². The Morgan fingerprint density at radius 2 is 2.11 bits per heavy atom. The van der Waals surface area contributed by atoms with E-state index < -0.39 is 10.0 Å². The number of sulfonamides is 1. The van der Waals surface area contributed by atoms with Crippen molar-refractivity contribution in [2.45, 2.75) is 18.7 Å². The standard InChI is InChI=1S/C10H13N5O2S/c1-6-10(7(2)14-13-6)18(16,17)15-9-5-8(11)3-4-12-9/h3-5H,1-2H3,(H,13,14)(H3,11,12,15). The minimum absolute atomic E-state index is 0.131. The van der Waals surface area contributed by atoms with Crippen LogP contribution in [0.5, 0.6) is 0 Å². The molecule has 2 rings (SSSR count).